The molecular formula is C13H29O6P3. The predicted molar refractivity (Wildman–Crippen MR) is 89.8 cm³/mol. The Morgan fingerprint density at radius 1 is 0.864 bits per heavy atom. The Labute approximate surface area is 136 Å². The van der Waals surface area contributed by atoms with Crippen molar-refractivity contribution < 1.29 is 26.8 Å². The molecule has 0 N–H and O–H groups in total. The van der Waals surface area contributed by atoms with Gasteiger partial charge in [0.05, 0.1) is 18.9 Å². The largest absolute Gasteiger partial charge is 0.348 e. The fourth-order valence-electron chi connectivity index (χ4n) is 1.75. The van der Waals surface area contributed by atoms with E-state index in [-0.39, 0.29) is 30.8 Å². The zero-order chi connectivity index (χ0) is 17.4. The van der Waals surface area contributed by atoms with Gasteiger partial charge in [0.25, 0.3) is 0 Å². The molecule has 0 bridgehead atoms. The van der Waals surface area contributed by atoms with E-state index in [1.54, 1.807) is 0 Å². The van der Waals surface area contributed by atoms with E-state index in [1.165, 1.54) is 0 Å². The summed E-state index contributed by atoms with van der Waals surface area (Å²) in [4.78, 5) is 0. The molecule has 22 heavy (non-hydrogen) atoms. The lowest BCUT2D eigenvalue weighted by atomic mass is 10.2. The molecule has 132 valence electrons. The Kier molecular flexibility index (Phi) is 10.5. The van der Waals surface area contributed by atoms with Crippen molar-refractivity contribution in [2.75, 3.05) is 18.9 Å². The van der Waals surface area contributed by atoms with Crippen molar-refractivity contribution in [2.45, 2.75) is 48.0 Å². The molecule has 0 fully saturated rings. The summed E-state index contributed by atoms with van der Waals surface area (Å²) in [5, 5.41) is 0. The highest BCUT2D eigenvalue weighted by Crippen LogP contribution is 2.67. The molecule has 0 saturated heterocycles. The van der Waals surface area contributed by atoms with Crippen LogP contribution in [0.5, 0.6) is 0 Å². The summed E-state index contributed by atoms with van der Waals surface area (Å²) in [6, 6.07) is 0. The van der Waals surface area contributed by atoms with Gasteiger partial charge in [-0.2, -0.15) is 0 Å². The van der Waals surface area contributed by atoms with Gasteiger partial charge in [-0.25, -0.2) is 13.2 Å². The van der Waals surface area contributed by atoms with E-state index in [0.29, 0.717) is 5.92 Å². The van der Waals surface area contributed by atoms with Gasteiger partial charge in [0.1, 0.15) is 0 Å². The van der Waals surface area contributed by atoms with Crippen LogP contribution in [0.4, 0.5) is 0 Å². The lowest BCUT2D eigenvalue weighted by molar-refractivity contribution is 0.238. The molecule has 0 amide bonds. The van der Waals surface area contributed by atoms with Gasteiger partial charge in [-0.1, -0.05) is 41.5 Å². The first-order valence-electron chi connectivity index (χ1n) is 7.57. The second-order valence-electron chi connectivity index (χ2n) is 6.63. The molecule has 0 aromatic rings. The molecule has 0 aliphatic rings. The monoisotopic (exact) mass is 374 g/mol. The van der Waals surface area contributed by atoms with Crippen molar-refractivity contribution in [1.29, 1.82) is 0 Å². The summed E-state index contributed by atoms with van der Waals surface area (Å²) in [6.45, 7) is 11.7. The Morgan fingerprint density at radius 3 is 1.77 bits per heavy atom. The minimum atomic E-state index is -3.73. The third-order valence-electron chi connectivity index (χ3n) is 2.57. The SMILES string of the molecule is CC(C)CCOP(=O)(CC(C)C)OP(=O)(CC(C)C)OP=O. The standard InChI is InChI=1S/C13H29O6P3/c1-11(2)7-8-17-21(15,9-12(3)4)19-22(16,18-20-14)10-13(5)6/h11-13H,7-10H2,1-6H3. The molecule has 0 saturated carbocycles. The molecule has 0 aliphatic heterocycles. The third kappa shape index (κ3) is 10.3. The average molecular weight is 374 g/mol. The minimum absolute atomic E-state index is 0.0178. The maximum atomic E-state index is 12.9. The highest BCUT2D eigenvalue weighted by atomic mass is 31.3. The van der Waals surface area contributed by atoms with E-state index in [2.05, 4.69) is 0 Å². The van der Waals surface area contributed by atoms with Crippen LogP contribution in [0.25, 0.3) is 0 Å². The topological polar surface area (TPSA) is 78.9 Å². The van der Waals surface area contributed by atoms with Crippen molar-refractivity contribution >= 4 is 23.9 Å². The fourth-order valence-corrected chi connectivity index (χ4v) is 7.33. The maximum absolute atomic E-state index is 12.9. The van der Waals surface area contributed by atoms with E-state index >= 15 is 0 Å². The smallest absolute Gasteiger partial charge is 0.308 e. The highest BCUT2D eigenvalue weighted by Gasteiger charge is 2.38. The summed E-state index contributed by atoms with van der Waals surface area (Å²) in [5.41, 5.74) is 0. The zero-order valence-corrected chi connectivity index (χ0v) is 17.0. The molecule has 0 aromatic heterocycles. The van der Waals surface area contributed by atoms with Gasteiger partial charge < -0.3 is 4.52 Å². The Bertz CT molecular complexity index is 422. The molecular weight excluding hydrogens is 345 g/mol. The third-order valence-corrected chi connectivity index (χ3v) is 8.75. The molecule has 2 unspecified atom stereocenters. The Balaban J connectivity index is 5.09. The van der Waals surface area contributed by atoms with Crippen LogP contribution in [-0.2, 0) is 26.8 Å². The maximum Gasteiger partial charge on any atom is 0.348 e. The molecule has 0 aromatic carbocycles. The van der Waals surface area contributed by atoms with E-state index in [1.807, 2.05) is 41.5 Å². The summed E-state index contributed by atoms with van der Waals surface area (Å²) >= 11 is 0. The van der Waals surface area contributed by atoms with Crippen LogP contribution < -0.4 is 0 Å². The number of hydrogen-bond acceptors (Lipinski definition) is 6. The highest BCUT2D eigenvalue weighted by molar-refractivity contribution is 7.69. The second-order valence-corrected chi connectivity index (χ2v) is 11.5. The lowest BCUT2D eigenvalue weighted by Crippen LogP contribution is -2.09. The number of rotatable bonds is 12. The van der Waals surface area contributed by atoms with Crippen LogP contribution in [0.1, 0.15) is 48.0 Å². The summed E-state index contributed by atoms with van der Waals surface area (Å²) in [7, 11) is -8.05. The first-order chi connectivity index (χ1) is 10.0. The normalized spacial score (nSPS) is 18.0. The summed E-state index contributed by atoms with van der Waals surface area (Å²) in [5.74, 6) is 0.421. The molecule has 9 heteroatoms. The summed E-state index contributed by atoms with van der Waals surface area (Å²) in [6.07, 6.45) is 0.907. The average Bonchev–Trinajstić information content (AvgIpc) is 2.24. The minimum Gasteiger partial charge on any atom is -0.308 e. The first-order valence-corrected chi connectivity index (χ1v) is 11.8. The second kappa shape index (κ2) is 10.3. The Morgan fingerprint density at radius 2 is 1.36 bits per heavy atom. The molecule has 2 atom stereocenters. The van der Waals surface area contributed by atoms with Gasteiger partial charge in [-0.3, -0.25) is 9.13 Å². The van der Waals surface area contributed by atoms with Crippen molar-refractivity contribution in [2.24, 2.45) is 17.8 Å². The predicted octanol–water partition coefficient (Wildman–Crippen LogP) is 5.99. The number of hydrogen-bond donors (Lipinski definition) is 0. The van der Waals surface area contributed by atoms with Gasteiger partial charge in [-0.05, 0) is 24.2 Å². The summed E-state index contributed by atoms with van der Waals surface area (Å²) < 4.78 is 51.7. The van der Waals surface area contributed by atoms with Crippen LogP contribution in [0.2, 0.25) is 0 Å². The van der Waals surface area contributed by atoms with Crippen LogP contribution in [0.3, 0.4) is 0 Å². The van der Waals surface area contributed by atoms with Crippen molar-refractivity contribution in [3.05, 3.63) is 0 Å². The van der Waals surface area contributed by atoms with Crippen LogP contribution in [0.15, 0.2) is 0 Å². The lowest BCUT2D eigenvalue weighted by Gasteiger charge is -2.25. The van der Waals surface area contributed by atoms with Crippen LogP contribution in [-0.4, -0.2) is 18.9 Å². The van der Waals surface area contributed by atoms with Gasteiger partial charge in [0.2, 0.25) is 0 Å². The van der Waals surface area contributed by atoms with E-state index in [0.717, 1.165) is 6.42 Å². The van der Waals surface area contributed by atoms with E-state index < -0.39 is 23.9 Å². The first kappa shape index (κ1) is 22.4. The Hall–Kier alpha value is 0.440. The van der Waals surface area contributed by atoms with E-state index in [9.17, 15) is 13.7 Å². The molecule has 0 aliphatic carbocycles. The quantitative estimate of drug-likeness (QED) is 0.391. The molecule has 0 heterocycles. The molecule has 0 spiro atoms. The van der Waals surface area contributed by atoms with Crippen LogP contribution >= 0.6 is 23.9 Å². The molecule has 6 nitrogen and oxygen atoms in total. The molecule has 0 radical (unpaired) electrons. The van der Waals surface area contributed by atoms with Gasteiger partial charge in [0, 0.05) is 0 Å². The van der Waals surface area contributed by atoms with Crippen molar-refractivity contribution in [3.63, 3.8) is 0 Å². The van der Waals surface area contributed by atoms with Crippen molar-refractivity contribution in [1.82, 2.24) is 0 Å². The van der Waals surface area contributed by atoms with E-state index in [4.69, 9.17) is 13.1 Å². The zero-order valence-electron chi connectivity index (χ0n) is 14.4. The fraction of sp³-hybridized carbons (Fsp3) is 1.00. The van der Waals surface area contributed by atoms with Gasteiger partial charge >= 0.3 is 23.9 Å². The van der Waals surface area contributed by atoms with Gasteiger partial charge in [-0.15, -0.1) is 0 Å². The van der Waals surface area contributed by atoms with Crippen LogP contribution in [0, 0.1) is 17.8 Å². The van der Waals surface area contributed by atoms with Gasteiger partial charge in [0.15, 0.2) is 0 Å². The van der Waals surface area contributed by atoms with Crippen molar-refractivity contribution in [3.8, 4) is 0 Å². The molecule has 0 rings (SSSR count).